The van der Waals surface area contributed by atoms with Crippen LogP contribution >= 0.6 is 0 Å². The van der Waals surface area contributed by atoms with E-state index in [0.29, 0.717) is 18.5 Å². The lowest BCUT2D eigenvalue weighted by Crippen LogP contribution is -2.42. The first-order chi connectivity index (χ1) is 14.2. The Labute approximate surface area is 173 Å². The molecule has 2 aromatic carbocycles. The highest BCUT2D eigenvalue weighted by molar-refractivity contribution is 6.07. The van der Waals surface area contributed by atoms with Crippen LogP contribution in [-0.4, -0.2) is 36.5 Å². The van der Waals surface area contributed by atoms with E-state index in [-0.39, 0.29) is 5.91 Å². The molecule has 0 saturated carbocycles. The van der Waals surface area contributed by atoms with Gasteiger partial charge in [0.2, 0.25) is 0 Å². The van der Waals surface area contributed by atoms with Crippen LogP contribution in [-0.2, 0) is 6.42 Å². The Bertz CT molecular complexity index is 925. The third kappa shape index (κ3) is 3.56. The predicted octanol–water partition coefficient (Wildman–Crippen LogP) is 4.74. The van der Waals surface area contributed by atoms with Gasteiger partial charge in [-0.1, -0.05) is 32.0 Å². The molecule has 0 radical (unpaired) electrons. The summed E-state index contributed by atoms with van der Waals surface area (Å²) in [7, 11) is 0. The van der Waals surface area contributed by atoms with Crippen molar-refractivity contribution in [1.82, 2.24) is 4.90 Å². The Morgan fingerprint density at radius 3 is 2.52 bits per heavy atom. The zero-order valence-corrected chi connectivity index (χ0v) is 17.4. The van der Waals surface area contributed by atoms with Crippen molar-refractivity contribution in [3.8, 4) is 6.07 Å². The van der Waals surface area contributed by atoms with E-state index in [9.17, 15) is 10.1 Å². The molecular formula is C25H29N3O. The second-order valence-electron chi connectivity index (χ2n) is 8.24. The molecule has 0 N–H and O–H groups in total. The second-order valence-corrected chi connectivity index (χ2v) is 8.24. The van der Waals surface area contributed by atoms with Gasteiger partial charge in [0.1, 0.15) is 0 Å². The first-order valence-electron chi connectivity index (χ1n) is 10.8. The van der Waals surface area contributed by atoms with Gasteiger partial charge in [0.05, 0.1) is 11.6 Å². The van der Waals surface area contributed by atoms with Gasteiger partial charge in [-0.3, -0.25) is 4.79 Å². The predicted molar refractivity (Wildman–Crippen MR) is 116 cm³/mol. The van der Waals surface area contributed by atoms with Gasteiger partial charge in [0.15, 0.2) is 0 Å². The molecule has 0 saturated heterocycles. The van der Waals surface area contributed by atoms with Crippen LogP contribution in [0.5, 0.6) is 0 Å². The molecule has 1 amide bonds. The molecule has 0 fully saturated rings. The van der Waals surface area contributed by atoms with Crippen molar-refractivity contribution in [2.75, 3.05) is 24.5 Å². The molecule has 2 aromatic rings. The Hall–Kier alpha value is -2.64. The number of hydrogen-bond acceptors (Lipinski definition) is 3. The van der Waals surface area contributed by atoms with Crippen molar-refractivity contribution < 1.29 is 4.79 Å². The van der Waals surface area contributed by atoms with E-state index in [0.717, 1.165) is 55.6 Å². The number of benzene rings is 2. The molecule has 0 bridgehead atoms. The third-order valence-electron chi connectivity index (χ3n) is 6.36. The van der Waals surface area contributed by atoms with Crippen LogP contribution in [0.4, 0.5) is 5.69 Å². The topological polar surface area (TPSA) is 47.3 Å². The van der Waals surface area contributed by atoms with Crippen molar-refractivity contribution in [2.45, 2.75) is 51.5 Å². The number of rotatable bonds is 6. The molecule has 2 unspecified atom stereocenters. The van der Waals surface area contributed by atoms with Gasteiger partial charge >= 0.3 is 0 Å². The monoisotopic (exact) mass is 387 g/mol. The summed E-state index contributed by atoms with van der Waals surface area (Å²) in [6.07, 6.45) is 4.25. The highest BCUT2D eigenvalue weighted by Gasteiger charge is 2.41. The maximum atomic E-state index is 13.2. The first-order valence-corrected chi connectivity index (χ1v) is 10.8. The zero-order valence-electron chi connectivity index (χ0n) is 17.4. The van der Waals surface area contributed by atoms with Crippen LogP contribution in [0.15, 0.2) is 42.5 Å². The summed E-state index contributed by atoms with van der Waals surface area (Å²) in [4.78, 5) is 17.8. The lowest BCUT2D eigenvalue weighted by Gasteiger charge is -2.37. The normalized spacial score (nSPS) is 19.9. The fourth-order valence-corrected chi connectivity index (χ4v) is 5.18. The molecule has 2 aliphatic rings. The number of amides is 1. The maximum Gasteiger partial charge on any atom is 0.258 e. The number of carbonyl (C=O) groups is 1. The van der Waals surface area contributed by atoms with Crippen LogP contribution in [0, 0.1) is 11.3 Å². The Morgan fingerprint density at radius 1 is 1.14 bits per heavy atom. The van der Waals surface area contributed by atoms with E-state index in [1.54, 1.807) is 0 Å². The number of nitriles is 1. The standard InChI is InChI=1S/C25H29N3O/c1-3-12-27(13-4-2)21-14-20-17-28(25(29)18-8-6-5-7-9-18)23-11-10-19(16-26)22(15-21)24(20)23/h5-11,20-21H,3-4,12-15,17H2,1-2H3. The van der Waals surface area contributed by atoms with Crippen molar-refractivity contribution in [2.24, 2.45) is 0 Å². The maximum absolute atomic E-state index is 13.2. The molecule has 1 heterocycles. The second kappa shape index (κ2) is 8.39. The van der Waals surface area contributed by atoms with Gasteiger partial charge in [-0.25, -0.2) is 0 Å². The summed E-state index contributed by atoms with van der Waals surface area (Å²) in [6.45, 7) is 7.36. The average molecular weight is 388 g/mol. The lowest BCUT2D eigenvalue weighted by atomic mass is 9.78. The summed E-state index contributed by atoms with van der Waals surface area (Å²) in [5.41, 5.74) is 4.93. The molecule has 4 nitrogen and oxygen atoms in total. The average Bonchev–Trinajstić information content (AvgIpc) is 3.13. The number of hydrogen-bond donors (Lipinski definition) is 0. The minimum Gasteiger partial charge on any atom is -0.307 e. The van der Waals surface area contributed by atoms with E-state index >= 15 is 0 Å². The van der Waals surface area contributed by atoms with Crippen molar-refractivity contribution in [3.63, 3.8) is 0 Å². The molecular weight excluding hydrogens is 358 g/mol. The van der Waals surface area contributed by atoms with Gasteiger partial charge in [-0.15, -0.1) is 0 Å². The fourth-order valence-electron chi connectivity index (χ4n) is 5.18. The summed E-state index contributed by atoms with van der Waals surface area (Å²) < 4.78 is 0. The molecule has 4 heteroatoms. The molecule has 2 atom stereocenters. The van der Waals surface area contributed by atoms with Crippen LogP contribution in [0.1, 0.15) is 66.1 Å². The zero-order chi connectivity index (χ0) is 20.4. The summed E-state index contributed by atoms with van der Waals surface area (Å²) in [5, 5.41) is 9.73. The van der Waals surface area contributed by atoms with E-state index in [2.05, 4.69) is 24.8 Å². The van der Waals surface area contributed by atoms with Crippen LogP contribution in [0.3, 0.4) is 0 Å². The SMILES string of the molecule is CCCN(CCC)C1Cc2c(C#N)ccc3c2C(C1)CN3C(=O)c1ccccc1. The van der Waals surface area contributed by atoms with E-state index in [1.807, 2.05) is 47.4 Å². The van der Waals surface area contributed by atoms with Crippen molar-refractivity contribution in [3.05, 3.63) is 64.7 Å². The number of nitrogens with zero attached hydrogens (tertiary/aromatic N) is 3. The van der Waals surface area contributed by atoms with Gasteiger partial charge in [-0.05, 0) is 74.2 Å². The van der Waals surface area contributed by atoms with Crippen LogP contribution < -0.4 is 4.90 Å². The molecule has 29 heavy (non-hydrogen) atoms. The lowest BCUT2D eigenvalue weighted by molar-refractivity contribution is 0.0986. The quantitative estimate of drug-likeness (QED) is 0.719. The van der Waals surface area contributed by atoms with Crippen LogP contribution in [0.2, 0.25) is 0 Å². The smallest absolute Gasteiger partial charge is 0.258 e. The Kier molecular flexibility index (Phi) is 5.69. The third-order valence-corrected chi connectivity index (χ3v) is 6.36. The van der Waals surface area contributed by atoms with Gasteiger partial charge in [0.25, 0.3) is 5.91 Å². The molecule has 0 aromatic heterocycles. The minimum atomic E-state index is 0.0578. The summed E-state index contributed by atoms with van der Waals surface area (Å²) in [6, 6.07) is 16.3. The minimum absolute atomic E-state index is 0.0578. The molecule has 1 aliphatic heterocycles. The fraction of sp³-hybridized carbons (Fsp3) is 0.440. The van der Waals surface area contributed by atoms with E-state index < -0.39 is 0 Å². The number of carbonyl (C=O) groups excluding carboxylic acids is 1. The Morgan fingerprint density at radius 2 is 1.86 bits per heavy atom. The van der Waals surface area contributed by atoms with E-state index in [1.165, 1.54) is 11.1 Å². The number of anilines is 1. The Balaban J connectivity index is 1.70. The molecule has 1 aliphatic carbocycles. The van der Waals surface area contributed by atoms with Gasteiger partial charge in [-0.2, -0.15) is 5.26 Å². The first kappa shape index (κ1) is 19.7. The molecule has 4 rings (SSSR count). The summed E-state index contributed by atoms with van der Waals surface area (Å²) >= 11 is 0. The van der Waals surface area contributed by atoms with Gasteiger partial charge < -0.3 is 9.80 Å². The highest BCUT2D eigenvalue weighted by atomic mass is 16.2. The van der Waals surface area contributed by atoms with Crippen molar-refractivity contribution in [1.29, 1.82) is 5.26 Å². The summed E-state index contributed by atoms with van der Waals surface area (Å²) in [5.74, 6) is 0.373. The van der Waals surface area contributed by atoms with Crippen molar-refractivity contribution >= 4 is 11.6 Å². The van der Waals surface area contributed by atoms with Gasteiger partial charge in [0, 0.05) is 29.8 Å². The highest BCUT2D eigenvalue weighted by Crippen LogP contribution is 2.47. The molecule has 0 spiro atoms. The van der Waals surface area contributed by atoms with E-state index in [4.69, 9.17) is 0 Å². The van der Waals surface area contributed by atoms with Crippen LogP contribution in [0.25, 0.3) is 0 Å². The molecule has 150 valence electrons. The largest absolute Gasteiger partial charge is 0.307 e.